The van der Waals surface area contributed by atoms with E-state index in [-0.39, 0.29) is 6.03 Å². The van der Waals surface area contributed by atoms with E-state index in [4.69, 9.17) is 0 Å². The lowest BCUT2D eigenvalue weighted by molar-refractivity contribution is 0.0501. The number of aromatic nitrogens is 1. The third-order valence-corrected chi connectivity index (χ3v) is 3.73. The number of hydrogen-bond donors (Lipinski definition) is 2. The van der Waals surface area contributed by atoms with Gasteiger partial charge in [0.15, 0.2) is 0 Å². The SMILES string of the molecule is CCCn1ccc2cc(NC(=O)N(CC)CC(C)(C)O)ccc21. The number of fused-ring (bicyclic) bond motifs is 1. The predicted molar refractivity (Wildman–Crippen MR) is 94.8 cm³/mol. The van der Waals surface area contributed by atoms with Crippen LogP contribution in [0.2, 0.25) is 0 Å². The fourth-order valence-corrected chi connectivity index (χ4v) is 2.71. The predicted octanol–water partition coefficient (Wildman–Crippen LogP) is 3.68. The summed E-state index contributed by atoms with van der Waals surface area (Å²) in [5.41, 5.74) is 1.04. The van der Waals surface area contributed by atoms with E-state index < -0.39 is 5.60 Å². The zero-order valence-electron chi connectivity index (χ0n) is 14.5. The maximum absolute atomic E-state index is 12.4. The lowest BCUT2D eigenvalue weighted by Gasteiger charge is -2.28. The van der Waals surface area contributed by atoms with Gasteiger partial charge < -0.3 is 19.9 Å². The highest BCUT2D eigenvalue weighted by atomic mass is 16.3. The van der Waals surface area contributed by atoms with Gasteiger partial charge >= 0.3 is 6.03 Å². The van der Waals surface area contributed by atoms with Crippen LogP contribution >= 0.6 is 0 Å². The van der Waals surface area contributed by atoms with Crippen molar-refractivity contribution in [1.82, 2.24) is 9.47 Å². The number of urea groups is 1. The number of carbonyl (C=O) groups is 1. The number of aryl methyl sites for hydroxylation is 1. The second-order valence-electron chi connectivity index (χ2n) is 6.54. The minimum absolute atomic E-state index is 0.193. The minimum atomic E-state index is -0.908. The Hall–Kier alpha value is -2.01. The van der Waals surface area contributed by atoms with E-state index in [1.54, 1.807) is 18.7 Å². The number of benzene rings is 1. The largest absolute Gasteiger partial charge is 0.389 e. The van der Waals surface area contributed by atoms with Crippen molar-refractivity contribution in [2.45, 2.75) is 46.3 Å². The second kappa shape index (κ2) is 7.04. The van der Waals surface area contributed by atoms with E-state index in [2.05, 4.69) is 29.1 Å². The molecular formula is C18H27N3O2. The Morgan fingerprint density at radius 3 is 2.65 bits per heavy atom. The first-order valence-electron chi connectivity index (χ1n) is 8.21. The summed E-state index contributed by atoms with van der Waals surface area (Å²) in [6, 6.07) is 7.81. The molecule has 1 heterocycles. The van der Waals surface area contributed by atoms with Gasteiger partial charge in [-0.3, -0.25) is 0 Å². The molecular weight excluding hydrogens is 290 g/mol. The van der Waals surface area contributed by atoms with Crippen LogP contribution < -0.4 is 5.32 Å². The molecule has 0 aliphatic rings. The first-order chi connectivity index (χ1) is 10.8. The van der Waals surface area contributed by atoms with Crippen LogP contribution in [0.1, 0.15) is 34.1 Å². The van der Waals surface area contributed by atoms with Gasteiger partial charge in [-0.25, -0.2) is 4.79 Å². The number of carbonyl (C=O) groups excluding carboxylic acids is 1. The zero-order valence-corrected chi connectivity index (χ0v) is 14.5. The lowest BCUT2D eigenvalue weighted by Crippen LogP contribution is -2.44. The van der Waals surface area contributed by atoms with Gasteiger partial charge in [-0.05, 0) is 51.5 Å². The molecule has 126 valence electrons. The summed E-state index contributed by atoms with van der Waals surface area (Å²) in [6.45, 7) is 9.29. The second-order valence-corrected chi connectivity index (χ2v) is 6.54. The summed E-state index contributed by atoms with van der Waals surface area (Å²) < 4.78 is 2.22. The molecule has 0 bridgehead atoms. The van der Waals surface area contributed by atoms with Gasteiger partial charge in [0.1, 0.15) is 0 Å². The van der Waals surface area contributed by atoms with Crippen molar-refractivity contribution in [3.8, 4) is 0 Å². The van der Waals surface area contributed by atoms with Crippen molar-refractivity contribution in [3.63, 3.8) is 0 Å². The molecule has 0 spiro atoms. The van der Waals surface area contributed by atoms with Gasteiger partial charge in [0.05, 0.1) is 12.1 Å². The third-order valence-electron chi connectivity index (χ3n) is 3.73. The quantitative estimate of drug-likeness (QED) is 0.854. The molecule has 0 unspecified atom stereocenters. The van der Waals surface area contributed by atoms with Crippen LogP contribution in [0.3, 0.4) is 0 Å². The van der Waals surface area contributed by atoms with Crippen molar-refractivity contribution >= 4 is 22.6 Å². The maximum Gasteiger partial charge on any atom is 0.321 e. The zero-order chi connectivity index (χ0) is 17.0. The Labute approximate surface area is 137 Å². The van der Waals surface area contributed by atoms with Gasteiger partial charge in [-0.1, -0.05) is 6.92 Å². The number of nitrogens with one attached hydrogen (secondary N) is 1. The standard InChI is InChI=1S/C18H27N3O2/c1-5-10-21-11-9-14-12-15(7-8-16(14)21)19-17(22)20(6-2)13-18(3,4)23/h7-9,11-12,23H,5-6,10,13H2,1-4H3,(H,19,22). The molecule has 2 rings (SSSR count). The number of aliphatic hydroxyl groups is 1. The smallest absolute Gasteiger partial charge is 0.321 e. The average Bonchev–Trinajstić information content (AvgIpc) is 2.86. The fraction of sp³-hybridized carbons (Fsp3) is 0.500. The van der Waals surface area contributed by atoms with Gasteiger partial charge in [0, 0.05) is 35.9 Å². The summed E-state index contributed by atoms with van der Waals surface area (Å²) in [4.78, 5) is 14.0. The van der Waals surface area contributed by atoms with Crippen LogP contribution in [0.25, 0.3) is 10.9 Å². The highest BCUT2D eigenvalue weighted by molar-refractivity contribution is 5.93. The van der Waals surface area contributed by atoms with Crippen LogP contribution in [0.4, 0.5) is 10.5 Å². The van der Waals surface area contributed by atoms with E-state index in [1.165, 1.54) is 5.52 Å². The molecule has 1 aromatic heterocycles. The highest BCUT2D eigenvalue weighted by Crippen LogP contribution is 2.21. The topological polar surface area (TPSA) is 57.5 Å². The van der Waals surface area contributed by atoms with Crippen LogP contribution in [-0.4, -0.2) is 39.3 Å². The Balaban J connectivity index is 2.13. The van der Waals surface area contributed by atoms with Gasteiger partial charge in [-0.2, -0.15) is 0 Å². The van der Waals surface area contributed by atoms with E-state index in [9.17, 15) is 9.90 Å². The molecule has 0 fully saturated rings. The van der Waals surface area contributed by atoms with Crippen LogP contribution in [-0.2, 0) is 6.54 Å². The maximum atomic E-state index is 12.4. The van der Waals surface area contributed by atoms with Gasteiger partial charge in [-0.15, -0.1) is 0 Å². The first-order valence-corrected chi connectivity index (χ1v) is 8.21. The summed E-state index contributed by atoms with van der Waals surface area (Å²) in [6.07, 6.45) is 3.16. The Kier molecular flexibility index (Phi) is 5.31. The fourth-order valence-electron chi connectivity index (χ4n) is 2.71. The van der Waals surface area contributed by atoms with E-state index >= 15 is 0 Å². The molecule has 2 N–H and O–H groups in total. The van der Waals surface area contributed by atoms with E-state index in [0.29, 0.717) is 13.1 Å². The molecule has 2 aromatic rings. The monoisotopic (exact) mass is 317 g/mol. The first kappa shape index (κ1) is 17.3. The van der Waals surface area contributed by atoms with Crippen molar-refractivity contribution in [2.24, 2.45) is 0 Å². The molecule has 0 aliphatic heterocycles. The molecule has 0 saturated carbocycles. The molecule has 5 nitrogen and oxygen atoms in total. The number of rotatable bonds is 6. The van der Waals surface area contributed by atoms with Crippen molar-refractivity contribution in [2.75, 3.05) is 18.4 Å². The number of anilines is 1. The molecule has 0 saturated heterocycles. The molecule has 5 heteroatoms. The van der Waals surface area contributed by atoms with Crippen molar-refractivity contribution < 1.29 is 9.90 Å². The van der Waals surface area contributed by atoms with Gasteiger partial charge in [0.25, 0.3) is 0 Å². The summed E-state index contributed by atoms with van der Waals surface area (Å²) >= 11 is 0. The molecule has 1 aromatic carbocycles. The third kappa shape index (κ3) is 4.48. The van der Waals surface area contributed by atoms with Crippen molar-refractivity contribution in [3.05, 3.63) is 30.5 Å². The van der Waals surface area contributed by atoms with E-state index in [1.807, 2.05) is 25.1 Å². The van der Waals surface area contributed by atoms with Crippen LogP contribution in [0.15, 0.2) is 30.5 Å². The molecule has 2 amide bonds. The Bertz CT molecular complexity index is 670. The number of hydrogen-bond acceptors (Lipinski definition) is 2. The molecule has 0 radical (unpaired) electrons. The van der Waals surface area contributed by atoms with E-state index in [0.717, 1.165) is 24.0 Å². The lowest BCUT2D eigenvalue weighted by atomic mass is 10.1. The Morgan fingerprint density at radius 1 is 1.30 bits per heavy atom. The average molecular weight is 317 g/mol. The number of likely N-dealkylation sites (N-methyl/N-ethyl adjacent to an activating group) is 1. The normalized spacial score (nSPS) is 11.7. The minimum Gasteiger partial charge on any atom is -0.389 e. The Morgan fingerprint density at radius 2 is 2.04 bits per heavy atom. The highest BCUT2D eigenvalue weighted by Gasteiger charge is 2.21. The van der Waals surface area contributed by atoms with Crippen LogP contribution in [0.5, 0.6) is 0 Å². The summed E-state index contributed by atoms with van der Waals surface area (Å²) in [5.74, 6) is 0. The molecule has 0 aliphatic carbocycles. The molecule has 0 atom stereocenters. The van der Waals surface area contributed by atoms with Crippen LogP contribution in [0, 0.1) is 0 Å². The number of nitrogens with zero attached hydrogens (tertiary/aromatic N) is 2. The molecule has 23 heavy (non-hydrogen) atoms. The summed E-state index contributed by atoms with van der Waals surface area (Å²) in [5, 5.41) is 13.9. The van der Waals surface area contributed by atoms with Gasteiger partial charge in [0.2, 0.25) is 0 Å². The summed E-state index contributed by atoms with van der Waals surface area (Å²) in [7, 11) is 0. The van der Waals surface area contributed by atoms with Crippen molar-refractivity contribution in [1.29, 1.82) is 0 Å². The number of amides is 2.